The van der Waals surface area contributed by atoms with Crippen LogP contribution in [0, 0.1) is 17.0 Å². The van der Waals surface area contributed by atoms with Gasteiger partial charge in [0.1, 0.15) is 5.60 Å². The molecule has 1 atom stereocenters. The van der Waals surface area contributed by atoms with Crippen molar-refractivity contribution in [2.75, 3.05) is 11.9 Å². The summed E-state index contributed by atoms with van der Waals surface area (Å²) < 4.78 is 0. The summed E-state index contributed by atoms with van der Waals surface area (Å²) in [5.74, 6) is 0. The molecule has 8 heteroatoms. The highest BCUT2D eigenvalue weighted by Crippen LogP contribution is 2.26. The zero-order chi connectivity index (χ0) is 17.0. The van der Waals surface area contributed by atoms with Gasteiger partial charge in [0, 0.05) is 10.9 Å². The second-order valence-corrected chi connectivity index (χ2v) is 6.21. The molecule has 0 radical (unpaired) electrons. The molecule has 2 rings (SSSR count). The van der Waals surface area contributed by atoms with Crippen molar-refractivity contribution in [3.05, 3.63) is 56.3 Å². The fraction of sp³-hybridized carbons (Fsp3) is 0.267. The van der Waals surface area contributed by atoms with Gasteiger partial charge in [0.15, 0.2) is 0 Å². The van der Waals surface area contributed by atoms with E-state index in [1.54, 1.807) is 26.0 Å². The Balaban J connectivity index is 2.01. The molecule has 122 valence electrons. The maximum Gasteiger partial charge on any atom is 0.319 e. The van der Waals surface area contributed by atoms with E-state index in [4.69, 9.17) is 0 Å². The predicted molar refractivity (Wildman–Crippen MR) is 88.7 cm³/mol. The molecule has 0 spiro atoms. The molecule has 0 aliphatic carbocycles. The van der Waals surface area contributed by atoms with E-state index in [-0.39, 0.29) is 12.2 Å². The average molecular weight is 335 g/mol. The molecule has 2 aromatic rings. The lowest BCUT2D eigenvalue weighted by Crippen LogP contribution is -2.40. The van der Waals surface area contributed by atoms with E-state index in [0.29, 0.717) is 11.3 Å². The van der Waals surface area contributed by atoms with E-state index in [1.807, 2.05) is 11.4 Å². The topological polar surface area (TPSA) is 104 Å². The second-order valence-electron chi connectivity index (χ2n) is 5.27. The monoisotopic (exact) mass is 335 g/mol. The Morgan fingerprint density at radius 2 is 2.13 bits per heavy atom. The Bertz CT molecular complexity index is 714. The number of amides is 2. The summed E-state index contributed by atoms with van der Waals surface area (Å²) in [5.41, 5.74) is -0.512. The molecule has 1 unspecified atom stereocenters. The summed E-state index contributed by atoms with van der Waals surface area (Å²) in [4.78, 5) is 23.1. The highest BCUT2D eigenvalue weighted by Gasteiger charge is 2.25. The average Bonchev–Trinajstić information content (AvgIpc) is 3.02. The van der Waals surface area contributed by atoms with Gasteiger partial charge < -0.3 is 15.7 Å². The molecule has 0 aliphatic rings. The first-order valence-corrected chi connectivity index (χ1v) is 7.74. The third-order valence-corrected chi connectivity index (χ3v) is 4.52. The van der Waals surface area contributed by atoms with E-state index >= 15 is 0 Å². The maximum absolute atomic E-state index is 12.0. The fourth-order valence-electron chi connectivity index (χ4n) is 2.05. The SMILES string of the molecule is Cc1c(NC(=O)NCC(C)(O)c2cccs2)cccc1[N+](=O)[O-]. The number of anilines is 1. The van der Waals surface area contributed by atoms with Gasteiger partial charge in [-0.2, -0.15) is 0 Å². The number of thiophene rings is 1. The van der Waals surface area contributed by atoms with Gasteiger partial charge in [-0.3, -0.25) is 10.1 Å². The van der Waals surface area contributed by atoms with Crippen LogP contribution in [0.15, 0.2) is 35.7 Å². The Morgan fingerprint density at radius 3 is 2.74 bits per heavy atom. The lowest BCUT2D eigenvalue weighted by Gasteiger charge is -2.22. The van der Waals surface area contributed by atoms with Crippen molar-refractivity contribution in [1.82, 2.24) is 5.32 Å². The Kier molecular flexibility index (Phi) is 4.97. The van der Waals surface area contributed by atoms with Crippen molar-refractivity contribution in [1.29, 1.82) is 0 Å². The van der Waals surface area contributed by atoms with Crippen LogP contribution in [-0.2, 0) is 5.60 Å². The highest BCUT2D eigenvalue weighted by atomic mass is 32.1. The van der Waals surface area contributed by atoms with Crippen LogP contribution in [-0.4, -0.2) is 22.6 Å². The molecule has 23 heavy (non-hydrogen) atoms. The van der Waals surface area contributed by atoms with Crippen LogP contribution in [0.1, 0.15) is 17.4 Å². The molecular weight excluding hydrogens is 318 g/mol. The number of hydrogen-bond donors (Lipinski definition) is 3. The first-order valence-electron chi connectivity index (χ1n) is 6.86. The van der Waals surface area contributed by atoms with Crippen LogP contribution in [0.4, 0.5) is 16.2 Å². The number of benzene rings is 1. The molecule has 0 saturated heterocycles. The zero-order valence-electron chi connectivity index (χ0n) is 12.7. The van der Waals surface area contributed by atoms with Crippen molar-refractivity contribution in [3.8, 4) is 0 Å². The van der Waals surface area contributed by atoms with Gasteiger partial charge in [-0.05, 0) is 31.4 Å². The van der Waals surface area contributed by atoms with Crippen LogP contribution >= 0.6 is 11.3 Å². The number of nitro groups is 1. The van der Waals surface area contributed by atoms with E-state index in [9.17, 15) is 20.0 Å². The number of carbonyl (C=O) groups is 1. The van der Waals surface area contributed by atoms with Gasteiger partial charge in [-0.15, -0.1) is 11.3 Å². The molecule has 1 aromatic carbocycles. The van der Waals surface area contributed by atoms with Crippen LogP contribution in [0.25, 0.3) is 0 Å². The van der Waals surface area contributed by atoms with Gasteiger partial charge >= 0.3 is 6.03 Å². The minimum Gasteiger partial charge on any atom is -0.383 e. The minimum atomic E-state index is -1.18. The molecule has 1 aromatic heterocycles. The van der Waals surface area contributed by atoms with Gasteiger partial charge in [-0.25, -0.2) is 4.79 Å². The van der Waals surface area contributed by atoms with Gasteiger partial charge in [0.25, 0.3) is 5.69 Å². The summed E-state index contributed by atoms with van der Waals surface area (Å²) in [5, 5.41) is 28.2. The maximum atomic E-state index is 12.0. The molecule has 7 nitrogen and oxygen atoms in total. The van der Waals surface area contributed by atoms with Crippen molar-refractivity contribution >= 4 is 28.7 Å². The quantitative estimate of drug-likeness (QED) is 0.577. The Labute approximate surface area is 137 Å². The second kappa shape index (κ2) is 6.76. The minimum absolute atomic E-state index is 0.0212. The zero-order valence-corrected chi connectivity index (χ0v) is 13.5. The van der Waals surface area contributed by atoms with Crippen molar-refractivity contribution in [2.45, 2.75) is 19.4 Å². The number of hydrogen-bond acceptors (Lipinski definition) is 5. The van der Waals surface area contributed by atoms with Crippen LogP contribution in [0.5, 0.6) is 0 Å². The molecule has 3 N–H and O–H groups in total. The van der Waals surface area contributed by atoms with E-state index < -0.39 is 16.6 Å². The molecule has 1 heterocycles. The van der Waals surface area contributed by atoms with Crippen molar-refractivity contribution in [2.24, 2.45) is 0 Å². The summed E-state index contributed by atoms with van der Waals surface area (Å²) in [7, 11) is 0. The van der Waals surface area contributed by atoms with Gasteiger partial charge in [0.2, 0.25) is 0 Å². The molecular formula is C15H17N3O4S. The smallest absolute Gasteiger partial charge is 0.319 e. The highest BCUT2D eigenvalue weighted by molar-refractivity contribution is 7.10. The summed E-state index contributed by atoms with van der Waals surface area (Å²) in [6.07, 6.45) is 0. The molecule has 2 amide bonds. The molecule has 0 aliphatic heterocycles. The third-order valence-electron chi connectivity index (χ3n) is 3.40. The number of nitrogens with zero attached hydrogens (tertiary/aromatic N) is 1. The molecule has 0 saturated carbocycles. The third kappa shape index (κ3) is 4.05. The van der Waals surface area contributed by atoms with Crippen LogP contribution < -0.4 is 10.6 Å². The number of nitro benzene ring substituents is 1. The Hall–Kier alpha value is -2.45. The number of urea groups is 1. The van der Waals surface area contributed by atoms with E-state index in [1.165, 1.54) is 23.5 Å². The lowest BCUT2D eigenvalue weighted by atomic mass is 10.1. The first kappa shape index (κ1) is 16.9. The molecule has 0 bridgehead atoms. The largest absolute Gasteiger partial charge is 0.383 e. The van der Waals surface area contributed by atoms with E-state index in [2.05, 4.69) is 10.6 Å². The fourth-order valence-corrected chi connectivity index (χ4v) is 2.83. The standard InChI is InChI=1S/C15H17N3O4S/c1-10-11(5-3-6-12(10)18(21)22)17-14(19)16-9-15(2,20)13-7-4-8-23-13/h3-8,20H,9H2,1-2H3,(H2,16,17,19). The van der Waals surface area contributed by atoms with Crippen molar-refractivity contribution < 1.29 is 14.8 Å². The summed E-state index contributed by atoms with van der Waals surface area (Å²) >= 11 is 1.40. The molecule has 0 fully saturated rings. The van der Waals surface area contributed by atoms with Gasteiger partial charge in [0.05, 0.1) is 22.7 Å². The normalized spacial score (nSPS) is 13.2. The first-order chi connectivity index (χ1) is 10.8. The lowest BCUT2D eigenvalue weighted by molar-refractivity contribution is -0.385. The van der Waals surface area contributed by atoms with Crippen LogP contribution in [0.2, 0.25) is 0 Å². The summed E-state index contributed by atoms with van der Waals surface area (Å²) in [6, 6.07) is 7.53. The number of aliphatic hydroxyl groups is 1. The number of carbonyl (C=O) groups excluding carboxylic acids is 1. The Morgan fingerprint density at radius 1 is 1.39 bits per heavy atom. The van der Waals surface area contributed by atoms with Crippen molar-refractivity contribution in [3.63, 3.8) is 0 Å². The number of rotatable bonds is 5. The van der Waals surface area contributed by atoms with Crippen LogP contribution in [0.3, 0.4) is 0 Å². The number of nitrogens with one attached hydrogen (secondary N) is 2. The van der Waals surface area contributed by atoms with Gasteiger partial charge in [-0.1, -0.05) is 12.1 Å². The summed E-state index contributed by atoms with van der Waals surface area (Å²) in [6.45, 7) is 3.20. The predicted octanol–water partition coefficient (Wildman–Crippen LogP) is 2.99. The van der Waals surface area contributed by atoms with E-state index in [0.717, 1.165) is 4.88 Å².